The summed E-state index contributed by atoms with van der Waals surface area (Å²) in [6.07, 6.45) is -3.47. The Morgan fingerprint density at radius 3 is 2.47 bits per heavy atom. The number of aromatic amines is 1. The maximum Gasteiger partial charge on any atom is 0.268 e. The number of aliphatic hydroxyl groups excluding tert-OH is 3. The van der Waals surface area contributed by atoms with Crippen molar-refractivity contribution in [3.05, 3.63) is 70.9 Å². The molecule has 0 aliphatic carbocycles. The monoisotopic (exact) mass is 457 g/mol. The fourth-order valence-electron chi connectivity index (χ4n) is 3.89. The number of β-amino-alcohol motifs (C(OH)–C–C–N with tert-alkyl or cyclic N) is 2. The van der Waals surface area contributed by atoms with Gasteiger partial charge in [0.2, 0.25) is 0 Å². The largest absolute Gasteiger partial charge is 0.388 e. The van der Waals surface area contributed by atoms with Crippen LogP contribution < -0.4 is 5.32 Å². The first-order valence-electron chi connectivity index (χ1n) is 10.3. The number of fused-ring (bicyclic) bond motifs is 1. The van der Waals surface area contributed by atoms with Gasteiger partial charge < -0.3 is 30.5 Å². The van der Waals surface area contributed by atoms with Crippen LogP contribution in [0.4, 0.5) is 0 Å². The van der Waals surface area contributed by atoms with Gasteiger partial charge in [0, 0.05) is 29.0 Å². The van der Waals surface area contributed by atoms with E-state index in [9.17, 15) is 24.9 Å². The molecule has 1 fully saturated rings. The van der Waals surface area contributed by atoms with Gasteiger partial charge in [-0.3, -0.25) is 9.59 Å². The molecule has 2 amide bonds. The highest BCUT2D eigenvalue weighted by molar-refractivity contribution is 6.31. The van der Waals surface area contributed by atoms with Crippen LogP contribution in [0.1, 0.15) is 16.1 Å². The molecule has 4 atom stereocenters. The highest BCUT2D eigenvalue weighted by atomic mass is 35.5. The van der Waals surface area contributed by atoms with Crippen molar-refractivity contribution in [2.24, 2.45) is 0 Å². The Morgan fingerprint density at radius 1 is 1.09 bits per heavy atom. The Labute approximate surface area is 189 Å². The zero-order valence-electron chi connectivity index (χ0n) is 17.1. The highest BCUT2D eigenvalue weighted by Crippen LogP contribution is 2.21. The second-order valence-electron chi connectivity index (χ2n) is 8.01. The third-order valence-electron chi connectivity index (χ3n) is 5.65. The number of nitrogens with one attached hydrogen (secondary N) is 2. The zero-order chi connectivity index (χ0) is 22.8. The molecule has 8 nitrogen and oxygen atoms in total. The second kappa shape index (κ2) is 9.30. The first kappa shape index (κ1) is 22.3. The number of hydrogen-bond donors (Lipinski definition) is 5. The van der Waals surface area contributed by atoms with Crippen molar-refractivity contribution in [3.63, 3.8) is 0 Å². The fourth-order valence-corrected chi connectivity index (χ4v) is 4.07. The minimum absolute atomic E-state index is 0.0775. The number of carbonyl (C=O) groups is 2. The summed E-state index contributed by atoms with van der Waals surface area (Å²) >= 11 is 6.02. The van der Waals surface area contributed by atoms with Gasteiger partial charge in [-0.1, -0.05) is 41.9 Å². The molecule has 0 saturated carbocycles. The van der Waals surface area contributed by atoms with Crippen molar-refractivity contribution in [2.45, 2.75) is 30.8 Å². The number of aliphatic hydroxyl groups is 3. The van der Waals surface area contributed by atoms with Crippen LogP contribution >= 0.6 is 11.6 Å². The van der Waals surface area contributed by atoms with Crippen molar-refractivity contribution in [1.29, 1.82) is 0 Å². The number of halogens is 1. The summed E-state index contributed by atoms with van der Waals surface area (Å²) < 4.78 is 0. The Balaban J connectivity index is 1.55. The summed E-state index contributed by atoms with van der Waals surface area (Å²) in [5.41, 5.74) is 1.83. The topological polar surface area (TPSA) is 126 Å². The van der Waals surface area contributed by atoms with E-state index >= 15 is 0 Å². The number of aromatic nitrogens is 1. The zero-order valence-corrected chi connectivity index (χ0v) is 17.9. The molecular weight excluding hydrogens is 434 g/mol. The lowest BCUT2D eigenvalue weighted by atomic mass is 10.00. The third kappa shape index (κ3) is 4.78. The maximum atomic E-state index is 13.0. The summed E-state index contributed by atoms with van der Waals surface area (Å²) in [5, 5.41) is 34.4. The molecule has 4 rings (SSSR count). The summed E-state index contributed by atoms with van der Waals surface area (Å²) in [5.74, 6) is -1.14. The predicted molar refractivity (Wildman–Crippen MR) is 119 cm³/mol. The molecule has 3 aromatic rings. The number of benzene rings is 2. The van der Waals surface area contributed by atoms with Gasteiger partial charge in [-0.05, 0) is 36.2 Å². The lowest BCUT2D eigenvalue weighted by Gasteiger charge is -2.27. The van der Waals surface area contributed by atoms with Crippen LogP contribution in [-0.4, -0.2) is 74.5 Å². The number of carbonyl (C=O) groups excluding carboxylic acids is 2. The van der Waals surface area contributed by atoms with Crippen LogP contribution in [0.3, 0.4) is 0 Å². The van der Waals surface area contributed by atoms with Gasteiger partial charge in [-0.2, -0.15) is 0 Å². The minimum Gasteiger partial charge on any atom is -0.388 e. The molecule has 5 N–H and O–H groups in total. The number of hydrogen-bond acceptors (Lipinski definition) is 5. The summed E-state index contributed by atoms with van der Waals surface area (Å²) in [6, 6.07) is 15.1. The lowest BCUT2D eigenvalue weighted by molar-refractivity contribution is -0.141. The Morgan fingerprint density at radius 2 is 1.78 bits per heavy atom. The van der Waals surface area contributed by atoms with E-state index in [1.807, 2.05) is 30.3 Å². The van der Waals surface area contributed by atoms with Crippen LogP contribution in [-0.2, 0) is 11.2 Å². The fraction of sp³-hybridized carbons (Fsp3) is 0.304. The van der Waals surface area contributed by atoms with E-state index in [1.54, 1.807) is 24.3 Å². The third-order valence-corrected chi connectivity index (χ3v) is 5.88. The molecule has 9 heteroatoms. The van der Waals surface area contributed by atoms with Gasteiger partial charge in [-0.25, -0.2) is 0 Å². The summed E-state index contributed by atoms with van der Waals surface area (Å²) in [6.45, 7) is -0.155. The number of likely N-dealkylation sites (tertiary alicyclic amines) is 1. The molecule has 2 heterocycles. The predicted octanol–water partition coefficient (Wildman–Crippen LogP) is 1.09. The lowest BCUT2D eigenvalue weighted by Crippen LogP contribution is -2.52. The number of rotatable bonds is 6. The Kier molecular flexibility index (Phi) is 6.48. The van der Waals surface area contributed by atoms with Crippen LogP contribution in [0, 0.1) is 0 Å². The number of H-pyrrole nitrogens is 1. The van der Waals surface area contributed by atoms with E-state index in [1.165, 1.54) is 4.90 Å². The van der Waals surface area contributed by atoms with Gasteiger partial charge >= 0.3 is 0 Å². The molecule has 32 heavy (non-hydrogen) atoms. The quantitative estimate of drug-likeness (QED) is 0.379. The number of amides is 2. The van der Waals surface area contributed by atoms with E-state index in [0.717, 1.165) is 16.5 Å². The molecule has 0 radical (unpaired) electrons. The van der Waals surface area contributed by atoms with Crippen LogP contribution in [0.15, 0.2) is 54.6 Å². The molecule has 1 aliphatic heterocycles. The molecule has 2 unspecified atom stereocenters. The summed E-state index contributed by atoms with van der Waals surface area (Å²) in [7, 11) is 0. The van der Waals surface area contributed by atoms with Crippen molar-refractivity contribution in [3.8, 4) is 0 Å². The first-order chi connectivity index (χ1) is 15.3. The smallest absolute Gasteiger partial charge is 0.268 e. The maximum absolute atomic E-state index is 13.0. The Bertz CT molecular complexity index is 1110. The average molecular weight is 458 g/mol. The van der Waals surface area contributed by atoms with E-state index in [2.05, 4.69) is 10.3 Å². The van der Waals surface area contributed by atoms with Gasteiger partial charge in [0.1, 0.15) is 5.69 Å². The van der Waals surface area contributed by atoms with Crippen molar-refractivity contribution < 1.29 is 24.9 Å². The SMILES string of the molecule is O=C(N[C@@H](Cc1ccccc1)[C@@H](O)C(=O)N1CC(O)C(O)C1)c1cc2cc(Cl)ccc2[nH]1. The highest BCUT2D eigenvalue weighted by Gasteiger charge is 2.38. The van der Waals surface area contributed by atoms with Crippen molar-refractivity contribution in [2.75, 3.05) is 13.1 Å². The van der Waals surface area contributed by atoms with Gasteiger partial charge in [0.05, 0.1) is 18.2 Å². The van der Waals surface area contributed by atoms with E-state index < -0.39 is 36.2 Å². The molecule has 0 bridgehead atoms. The van der Waals surface area contributed by atoms with Crippen LogP contribution in [0.25, 0.3) is 10.9 Å². The first-order valence-corrected chi connectivity index (χ1v) is 10.7. The molecule has 1 saturated heterocycles. The molecule has 2 aromatic carbocycles. The summed E-state index contributed by atoms with van der Waals surface area (Å²) in [4.78, 5) is 30.0. The standard InChI is InChI=1S/C23H24ClN3O5/c24-15-6-7-16-14(9-15)10-18(25-16)22(31)26-17(8-13-4-2-1-3-5-13)21(30)23(32)27-11-19(28)20(29)12-27/h1-7,9-10,17,19-21,25,28-30H,8,11-12H2,(H,26,31)/t17-,19?,20?,21+/m0/s1. The van der Waals surface area contributed by atoms with Crippen molar-refractivity contribution >= 4 is 34.3 Å². The minimum atomic E-state index is -1.56. The number of nitrogens with zero attached hydrogens (tertiary/aromatic N) is 1. The van der Waals surface area contributed by atoms with Gasteiger partial charge in [0.25, 0.3) is 11.8 Å². The normalized spacial score (nSPS) is 20.3. The van der Waals surface area contributed by atoms with Crippen molar-refractivity contribution in [1.82, 2.24) is 15.2 Å². The van der Waals surface area contributed by atoms with Crippen LogP contribution in [0.2, 0.25) is 5.02 Å². The molecule has 1 aliphatic rings. The Hall–Kier alpha value is -2.91. The van der Waals surface area contributed by atoms with E-state index in [0.29, 0.717) is 5.02 Å². The van der Waals surface area contributed by atoms with Gasteiger partial charge in [0.15, 0.2) is 6.10 Å². The van der Waals surface area contributed by atoms with Crippen LogP contribution in [0.5, 0.6) is 0 Å². The molecular formula is C23H24ClN3O5. The second-order valence-corrected chi connectivity index (χ2v) is 8.44. The van der Waals surface area contributed by atoms with Gasteiger partial charge in [-0.15, -0.1) is 0 Å². The molecule has 0 spiro atoms. The van der Waals surface area contributed by atoms with E-state index in [-0.39, 0.29) is 25.2 Å². The average Bonchev–Trinajstić information content (AvgIpc) is 3.35. The molecule has 1 aromatic heterocycles. The van der Waals surface area contributed by atoms with E-state index in [4.69, 9.17) is 11.6 Å². The molecule has 168 valence electrons.